The molecule has 0 aromatic carbocycles. The fraction of sp³-hybridized carbons (Fsp3) is 0.647. The first kappa shape index (κ1) is 16.1. The SMILES string of the molecule is CCN1CCC(n2nccc2NCc2ccnn2C(C)C)CC1. The van der Waals surface area contributed by atoms with Crippen molar-refractivity contribution < 1.29 is 0 Å². The zero-order valence-corrected chi connectivity index (χ0v) is 14.4. The molecular weight excluding hydrogens is 288 g/mol. The fourth-order valence-corrected chi connectivity index (χ4v) is 3.35. The van der Waals surface area contributed by atoms with Crippen molar-refractivity contribution in [2.24, 2.45) is 0 Å². The van der Waals surface area contributed by atoms with E-state index in [1.807, 2.05) is 12.4 Å². The zero-order valence-electron chi connectivity index (χ0n) is 14.4. The first-order valence-electron chi connectivity index (χ1n) is 8.71. The molecule has 0 amide bonds. The molecule has 0 saturated carbocycles. The van der Waals surface area contributed by atoms with Gasteiger partial charge >= 0.3 is 0 Å². The maximum Gasteiger partial charge on any atom is 0.124 e. The number of piperidine rings is 1. The zero-order chi connectivity index (χ0) is 16.2. The topological polar surface area (TPSA) is 50.9 Å². The van der Waals surface area contributed by atoms with Crippen LogP contribution in [0.5, 0.6) is 0 Å². The van der Waals surface area contributed by atoms with Crippen molar-refractivity contribution in [2.45, 2.75) is 52.2 Å². The Hall–Kier alpha value is -1.82. The molecule has 2 aromatic heterocycles. The van der Waals surface area contributed by atoms with Gasteiger partial charge in [-0.25, -0.2) is 4.68 Å². The third-order valence-electron chi connectivity index (χ3n) is 4.71. The van der Waals surface area contributed by atoms with E-state index < -0.39 is 0 Å². The van der Waals surface area contributed by atoms with Gasteiger partial charge in [-0.15, -0.1) is 0 Å². The lowest BCUT2D eigenvalue weighted by Crippen LogP contribution is -2.34. The van der Waals surface area contributed by atoms with Gasteiger partial charge in [0.1, 0.15) is 5.82 Å². The van der Waals surface area contributed by atoms with Crippen LogP contribution in [-0.4, -0.2) is 44.1 Å². The van der Waals surface area contributed by atoms with Crippen molar-refractivity contribution >= 4 is 5.82 Å². The Morgan fingerprint density at radius 1 is 1.17 bits per heavy atom. The smallest absolute Gasteiger partial charge is 0.124 e. The van der Waals surface area contributed by atoms with Crippen LogP contribution in [0.3, 0.4) is 0 Å². The van der Waals surface area contributed by atoms with Gasteiger partial charge in [0.15, 0.2) is 0 Å². The molecule has 0 bridgehead atoms. The maximum atomic E-state index is 4.56. The van der Waals surface area contributed by atoms with Crippen LogP contribution in [0.4, 0.5) is 5.82 Å². The largest absolute Gasteiger partial charge is 0.365 e. The second-order valence-electron chi connectivity index (χ2n) is 6.54. The molecule has 1 N–H and O–H groups in total. The van der Waals surface area contributed by atoms with Crippen LogP contribution in [0, 0.1) is 0 Å². The van der Waals surface area contributed by atoms with E-state index in [4.69, 9.17) is 0 Å². The summed E-state index contributed by atoms with van der Waals surface area (Å²) in [7, 11) is 0. The van der Waals surface area contributed by atoms with Gasteiger partial charge in [0.2, 0.25) is 0 Å². The second kappa shape index (κ2) is 7.17. The Kier molecular flexibility index (Phi) is 5.00. The predicted octanol–water partition coefficient (Wildman–Crippen LogP) is 2.93. The highest BCUT2D eigenvalue weighted by Gasteiger charge is 2.21. The molecule has 3 rings (SSSR count). The number of anilines is 1. The summed E-state index contributed by atoms with van der Waals surface area (Å²) >= 11 is 0. The van der Waals surface area contributed by atoms with Crippen LogP contribution in [0.15, 0.2) is 24.5 Å². The Bertz CT molecular complexity index is 606. The van der Waals surface area contributed by atoms with E-state index in [1.165, 1.54) is 31.6 Å². The van der Waals surface area contributed by atoms with Gasteiger partial charge in [0.05, 0.1) is 24.5 Å². The summed E-state index contributed by atoms with van der Waals surface area (Å²) in [5, 5.41) is 12.5. The Balaban J connectivity index is 1.64. The highest BCUT2D eigenvalue weighted by molar-refractivity contribution is 5.35. The number of rotatable bonds is 6. The monoisotopic (exact) mass is 316 g/mol. The lowest BCUT2D eigenvalue weighted by Gasteiger charge is -2.31. The molecule has 6 nitrogen and oxygen atoms in total. The first-order valence-corrected chi connectivity index (χ1v) is 8.71. The normalized spacial score (nSPS) is 17.0. The minimum atomic E-state index is 0.380. The predicted molar refractivity (Wildman–Crippen MR) is 92.6 cm³/mol. The highest BCUT2D eigenvalue weighted by atomic mass is 15.4. The van der Waals surface area contributed by atoms with Crippen LogP contribution in [0.1, 0.15) is 51.4 Å². The summed E-state index contributed by atoms with van der Waals surface area (Å²) in [4.78, 5) is 2.51. The van der Waals surface area contributed by atoms with E-state index in [1.54, 1.807) is 0 Å². The van der Waals surface area contributed by atoms with Crippen molar-refractivity contribution in [1.82, 2.24) is 24.5 Å². The molecule has 1 fully saturated rings. The summed E-state index contributed by atoms with van der Waals surface area (Å²) in [5.41, 5.74) is 1.20. The lowest BCUT2D eigenvalue weighted by molar-refractivity contribution is 0.188. The van der Waals surface area contributed by atoms with Crippen LogP contribution < -0.4 is 5.32 Å². The van der Waals surface area contributed by atoms with Crippen molar-refractivity contribution in [2.75, 3.05) is 25.0 Å². The molecule has 1 aliphatic heterocycles. The van der Waals surface area contributed by atoms with Crippen LogP contribution in [-0.2, 0) is 6.54 Å². The van der Waals surface area contributed by atoms with Gasteiger partial charge < -0.3 is 10.2 Å². The molecule has 0 spiro atoms. The van der Waals surface area contributed by atoms with E-state index in [9.17, 15) is 0 Å². The number of hydrogen-bond donors (Lipinski definition) is 1. The van der Waals surface area contributed by atoms with E-state index in [2.05, 4.69) is 62.7 Å². The summed E-state index contributed by atoms with van der Waals surface area (Å²) in [6.45, 7) is 10.8. The van der Waals surface area contributed by atoms with Crippen LogP contribution in [0.25, 0.3) is 0 Å². The minimum absolute atomic E-state index is 0.380. The molecule has 6 heteroatoms. The van der Waals surface area contributed by atoms with E-state index >= 15 is 0 Å². The Morgan fingerprint density at radius 3 is 2.61 bits per heavy atom. The number of likely N-dealkylation sites (tertiary alicyclic amines) is 1. The van der Waals surface area contributed by atoms with Gasteiger partial charge in [-0.2, -0.15) is 10.2 Å². The summed E-state index contributed by atoms with van der Waals surface area (Å²) < 4.78 is 4.23. The third kappa shape index (κ3) is 3.58. The molecule has 23 heavy (non-hydrogen) atoms. The third-order valence-corrected chi connectivity index (χ3v) is 4.71. The average Bonchev–Trinajstić information content (AvgIpc) is 3.22. The Labute approximate surface area is 138 Å². The van der Waals surface area contributed by atoms with Crippen molar-refractivity contribution in [3.05, 3.63) is 30.2 Å². The summed E-state index contributed by atoms with van der Waals surface area (Å²) in [6, 6.07) is 5.03. The lowest BCUT2D eigenvalue weighted by atomic mass is 10.1. The molecule has 126 valence electrons. The molecule has 2 aromatic rings. The average molecular weight is 316 g/mol. The minimum Gasteiger partial charge on any atom is -0.365 e. The van der Waals surface area contributed by atoms with Crippen molar-refractivity contribution in [1.29, 1.82) is 0 Å². The molecule has 3 heterocycles. The van der Waals surface area contributed by atoms with Gasteiger partial charge in [-0.1, -0.05) is 6.92 Å². The first-order chi connectivity index (χ1) is 11.2. The molecule has 0 radical (unpaired) electrons. The molecule has 0 aliphatic carbocycles. The fourth-order valence-electron chi connectivity index (χ4n) is 3.35. The second-order valence-corrected chi connectivity index (χ2v) is 6.54. The number of hydrogen-bond acceptors (Lipinski definition) is 4. The number of nitrogens with zero attached hydrogens (tertiary/aromatic N) is 5. The van der Waals surface area contributed by atoms with Crippen molar-refractivity contribution in [3.63, 3.8) is 0 Å². The van der Waals surface area contributed by atoms with E-state index in [0.29, 0.717) is 12.1 Å². The standard InChI is InChI=1S/C17H28N6/c1-4-21-11-7-15(8-12-21)23-17(6-10-20-23)18-13-16-5-9-19-22(16)14(2)3/h5-6,9-10,14-15,18H,4,7-8,11-13H2,1-3H3. The molecule has 0 unspecified atom stereocenters. The van der Waals surface area contributed by atoms with Crippen LogP contribution >= 0.6 is 0 Å². The van der Waals surface area contributed by atoms with Crippen LogP contribution in [0.2, 0.25) is 0 Å². The summed E-state index contributed by atoms with van der Waals surface area (Å²) in [6.07, 6.45) is 6.12. The molecule has 1 saturated heterocycles. The summed E-state index contributed by atoms with van der Waals surface area (Å²) in [5.74, 6) is 1.11. The van der Waals surface area contributed by atoms with Gasteiger partial charge in [-0.3, -0.25) is 4.68 Å². The highest BCUT2D eigenvalue weighted by Crippen LogP contribution is 2.25. The van der Waals surface area contributed by atoms with Gasteiger partial charge in [0, 0.05) is 31.4 Å². The maximum absolute atomic E-state index is 4.56. The van der Waals surface area contributed by atoms with Gasteiger partial charge in [0.25, 0.3) is 0 Å². The van der Waals surface area contributed by atoms with Gasteiger partial charge in [-0.05, 0) is 39.3 Å². The number of aromatic nitrogens is 4. The molecule has 1 aliphatic rings. The quantitative estimate of drug-likeness (QED) is 0.890. The number of nitrogens with one attached hydrogen (secondary N) is 1. The molecule has 0 atom stereocenters. The van der Waals surface area contributed by atoms with E-state index in [-0.39, 0.29) is 0 Å². The van der Waals surface area contributed by atoms with E-state index in [0.717, 1.165) is 18.9 Å². The van der Waals surface area contributed by atoms with Crippen molar-refractivity contribution in [3.8, 4) is 0 Å². The Morgan fingerprint density at radius 2 is 1.91 bits per heavy atom. The molecular formula is C17H28N6.